The summed E-state index contributed by atoms with van der Waals surface area (Å²) in [7, 11) is -6.98. The second-order valence-corrected chi connectivity index (χ2v) is 11.7. The molecule has 0 bridgehead atoms. The average molecular weight is 969 g/mol. The molecule has 0 heterocycles. The number of rotatable bonds is 5. The molecule has 5 rings (SSSR count). The maximum Gasteiger partial charge on any atom is 0.494 e. The summed E-state index contributed by atoms with van der Waals surface area (Å²) in [6.45, 7) is 0. The van der Waals surface area contributed by atoms with E-state index in [2.05, 4.69) is 17.0 Å². The molecule has 352 valence electrons. The summed E-state index contributed by atoms with van der Waals surface area (Å²) in [6.07, 6.45) is 0. The van der Waals surface area contributed by atoms with E-state index in [4.69, 9.17) is 40.2 Å². The molecule has 8 N–H and O–H groups in total. The van der Waals surface area contributed by atoms with Gasteiger partial charge < -0.3 is 45.1 Å². The molecule has 9 nitrogen and oxygen atoms in total. The van der Waals surface area contributed by atoms with Gasteiger partial charge in [-0.15, -0.1) is 0 Å². The fraction of sp³-hybridized carbons (Fsp3) is 0.0625. The van der Waals surface area contributed by atoms with Crippen molar-refractivity contribution >= 4 is 56.0 Å². The smallest absolute Gasteiger partial charge is 0.423 e. The van der Waals surface area contributed by atoms with Gasteiger partial charge in [0.1, 0.15) is 0 Å². The van der Waals surface area contributed by atoms with Gasteiger partial charge in [0.15, 0.2) is 116 Å². The van der Waals surface area contributed by atoms with Crippen LogP contribution in [0.4, 0.5) is 93.5 Å². The molecular weight excluding hydrogens is 950 g/mol. The van der Waals surface area contributed by atoms with E-state index < -0.39 is 167 Å². The highest BCUT2D eigenvalue weighted by molar-refractivity contribution is 6.60. The summed E-state index contributed by atoms with van der Waals surface area (Å²) in [5.74, 6) is -45.1. The Bertz CT molecular complexity index is 2070. The molecule has 0 spiro atoms. The van der Waals surface area contributed by atoms with Crippen LogP contribution in [-0.4, -0.2) is 82.8 Å². The van der Waals surface area contributed by atoms with E-state index in [1.807, 2.05) is 32.3 Å². The molecule has 0 aromatic heterocycles. The highest BCUT2D eigenvalue weighted by Crippen LogP contribution is 2.19. The molecule has 0 saturated carbocycles. The summed E-state index contributed by atoms with van der Waals surface area (Å²) < 4.78 is 249. The van der Waals surface area contributed by atoms with Crippen molar-refractivity contribution in [2.45, 2.75) is 0 Å². The van der Waals surface area contributed by atoms with Gasteiger partial charge in [0.25, 0.3) is 0 Å². The zero-order valence-corrected chi connectivity index (χ0v) is 31.3. The highest BCUT2D eigenvalue weighted by atomic mass is 19.2. The minimum absolute atomic E-state index is 1.25. The fourth-order valence-corrected chi connectivity index (χ4v) is 4.12. The van der Waals surface area contributed by atoms with Crippen LogP contribution < -0.4 is 26.8 Å². The Labute approximate surface area is 349 Å². The second kappa shape index (κ2) is 24.1. The van der Waals surface area contributed by atoms with Crippen LogP contribution in [0.15, 0.2) is 30.3 Å². The second-order valence-electron chi connectivity index (χ2n) is 11.7. The Kier molecular flexibility index (Phi) is 21.3. The first kappa shape index (κ1) is 57.5. The van der Waals surface area contributed by atoms with Crippen LogP contribution in [0.1, 0.15) is 0 Å². The Hall–Kier alpha value is -5.56. The SMILES string of the molecule is CN(C)c1ccccc1.OB(O)c1c(F)c(F)c(F)c(F)c1F.OB(O)c1c(F)c(F)c(F)c(F)c1F.OB(O)c1c(F)c(F)c(F)c(F)c1F.OB(O)c1c(F)c(F)c(F)c(F)c1F. The fourth-order valence-electron chi connectivity index (χ4n) is 4.12. The molecule has 0 atom stereocenters. The molecule has 0 aliphatic rings. The zero-order valence-electron chi connectivity index (χ0n) is 31.3. The summed E-state index contributed by atoms with van der Waals surface area (Å²) in [4.78, 5) is 2.08. The molecule has 5 aromatic rings. The number of benzene rings is 5. The van der Waals surface area contributed by atoms with E-state index in [1.54, 1.807) is 0 Å². The molecule has 0 aliphatic heterocycles. The van der Waals surface area contributed by atoms with E-state index >= 15 is 0 Å². The van der Waals surface area contributed by atoms with Crippen LogP contribution in [0.5, 0.6) is 0 Å². The number of hydrogen-bond acceptors (Lipinski definition) is 9. The predicted octanol–water partition coefficient (Wildman–Crippen LogP) is 2.00. The zero-order chi connectivity index (χ0) is 50.9. The van der Waals surface area contributed by atoms with E-state index in [9.17, 15) is 87.8 Å². The van der Waals surface area contributed by atoms with Crippen molar-refractivity contribution in [2.75, 3.05) is 19.0 Å². The molecule has 65 heavy (non-hydrogen) atoms. The first-order valence-corrected chi connectivity index (χ1v) is 16.0. The third kappa shape index (κ3) is 13.3. The Morgan fingerprint density at radius 1 is 0.262 bits per heavy atom. The van der Waals surface area contributed by atoms with Crippen molar-refractivity contribution in [3.05, 3.63) is 147 Å². The lowest BCUT2D eigenvalue weighted by molar-refractivity contribution is 0.372. The van der Waals surface area contributed by atoms with Crippen LogP contribution in [0, 0.1) is 116 Å². The maximum atomic E-state index is 12.6. The summed E-state index contributed by atoms with van der Waals surface area (Å²) >= 11 is 0. The van der Waals surface area contributed by atoms with Crippen molar-refractivity contribution in [3.63, 3.8) is 0 Å². The Morgan fingerprint density at radius 3 is 0.508 bits per heavy atom. The van der Waals surface area contributed by atoms with Crippen molar-refractivity contribution in [2.24, 2.45) is 0 Å². The van der Waals surface area contributed by atoms with E-state index in [-0.39, 0.29) is 0 Å². The molecule has 0 radical (unpaired) electrons. The summed E-state index contributed by atoms with van der Waals surface area (Å²) in [6, 6.07) is 10.3. The van der Waals surface area contributed by atoms with Gasteiger partial charge in [0, 0.05) is 19.8 Å². The molecule has 0 aliphatic carbocycles. The summed E-state index contributed by atoms with van der Waals surface area (Å²) in [5, 5.41) is 66.8. The van der Waals surface area contributed by atoms with Crippen LogP contribution in [-0.2, 0) is 0 Å². The van der Waals surface area contributed by atoms with Crippen LogP contribution in [0.25, 0.3) is 0 Å². The van der Waals surface area contributed by atoms with Crippen molar-refractivity contribution in [3.8, 4) is 0 Å². The van der Waals surface area contributed by atoms with Gasteiger partial charge in [-0.2, -0.15) is 0 Å². The van der Waals surface area contributed by atoms with Crippen molar-refractivity contribution in [1.82, 2.24) is 0 Å². The minimum atomic E-state index is -2.76. The Morgan fingerprint density at radius 2 is 0.400 bits per heavy atom. The lowest BCUT2D eigenvalue weighted by Gasteiger charge is -2.10. The number of anilines is 1. The Balaban J connectivity index is 0.000000409. The topological polar surface area (TPSA) is 165 Å². The van der Waals surface area contributed by atoms with Crippen molar-refractivity contribution < 1.29 is 128 Å². The number of halogens is 20. The standard InChI is InChI=1S/C8H11N.4C6H2BF5O2/c1-9(2)8-6-4-3-5-7-8;4*8-2-1(7(13)14)3(9)5(11)6(12)4(2)10/h3-7H,1-2H3;4*13-14H. The normalized spacial score (nSPS) is 10.3. The lowest BCUT2D eigenvalue weighted by atomic mass is 9.79. The average Bonchev–Trinajstić information content (AvgIpc) is 3.24. The molecule has 0 unspecified atom stereocenters. The van der Waals surface area contributed by atoms with Crippen LogP contribution in [0.3, 0.4) is 0 Å². The maximum absolute atomic E-state index is 12.6. The highest BCUT2D eigenvalue weighted by Gasteiger charge is 2.35. The van der Waals surface area contributed by atoms with Gasteiger partial charge in [0.2, 0.25) is 0 Å². The molecule has 0 fully saturated rings. The van der Waals surface area contributed by atoms with E-state index in [0.717, 1.165) is 0 Å². The first-order chi connectivity index (χ1) is 29.8. The minimum Gasteiger partial charge on any atom is -0.423 e. The molecule has 0 saturated heterocycles. The van der Waals surface area contributed by atoms with Crippen LogP contribution in [0.2, 0.25) is 0 Å². The largest absolute Gasteiger partial charge is 0.494 e. The monoisotopic (exact) mass is 969 g/mol. The lowest BCUT2D eigenvalue weighted by Crippen LogP contribution is -2.38. The predicted molar refractivity (Wildman–Crippen MR) is 185 cm³/mol. The van der Waals surface area contributed by atoms with Gasteiger partial charge in [0.05, 0.1) is 21.9 Å². The quantitative estimate of drug-likeness (QED) is 0.0570. The molecular formula is C32H19B4F20NO8. The summed E-state index contributed by atoms with van der Waals surface area (Å²) in [5.41, 5.74) is -5.41. The number of para-hydroxylation sites is 1. The van der Waals surface area contributed by atoms with E-state index in [0.29, 0.717) is 0 Å². The van der Waals surface area contributed by atoms with Gasteiger partial charge in [-0.3, -0.25) is 0 Å². The molecule has 33 heteroatoms. The molecule has 0 amide bonds. The van der Waals surface area contributed by atoms with E-state index in [1.165, 1.54) is 5.69 Å². The number of nitrogens with zero attached hydrogens (tertiary/aromatic N) is 1. The molecule has 5 aromatic carbocycles. The van der Waals surface area contributed by atoms with Gasteiger partial charge in [-0.05, 0) is 12.1 Å². The van der Waals surface area contributed by atoms with Crippen LogP contribution >= 0.6 is 0 Å². The van der Waals surface area contributed by atoms with Gasteiger partial charge in [-0.25, -0.2) is 87.8 Å². The van der Waals surface area contributed by atoms with Gasteiger partial charge in [-0.1, -0.05) is 18.2 Å². The van der Waals surface area contributed by atoms with Gasteiger partial charge >= 0.3 is 28.5 Å². The third-order valence-electron chi connectivity index (χ3n) is 7.28. The first-order valence-electron chi connectivity index (χ1n) is 16.0. The number of hydrogen-bond donors (Lipinski definition) is 8. The van der Waals surface area contributed by atoms with Crippen molar-refractivity contribution in [1.29, 1.82) is 0 Å². The third-order valence-corrected chi connectivity index (χ3v) is 7.28.